The molecule has 0 spiro atoms. The standard InChI is InChI=1S/C9H18BrNO/c1-5-11(6-2)9(12)8(10)7(3)4/h7-8H,5-6H2,1-4H3. The SMILES string of the molecule is CCN(CC)C(=O)C(Br)C(C)C. The van der Waals surface area contributed by atoms with Gasteiger partial charge in [-0.15, -0.1) is 0 Å². The van der Waals surface area contributed by atoms with E-state index in [4.69, 9.17) is 0 Å². The maximum atomic E-state index is 11.6. The van der Waals surface area contributed by atoms with Gasteiger partial charge in [0.2, 0.25) is 5.91 Å². The Morgan fingerprint density at radius 2 is 1.75 bits per heavy atom. The molecule has 0 fully saturated rings. The summed E-state index contributed by atoms with van der Waals surface area (Å²) in [6, 6.07) is 0. The second-order valence-electron chi connectivity index (χ2n) is 3.16. The summed E-state index contributed by atoms with van der Waals surface area (Å²) in [5.41, 5.74) is 0. The molecule has 0 aromatic heterocycles. The Hall–Kier alpha value is -0.0500. The molecule has 0 bridgehead atoms. The highest BCUT2D eigenvalue weighted by Crippen LogP contribution is 2.14. The summed E-state index contributed by atoms with van der Waals surface area (Å²) in [6.07, 6.45) is 0. The van der Waals surface area contributed by atoms with Crippen molar-refractivity contribution < 1.29 is 4.79 Å². The lowest BCUT2D eigenvalue weighted by atomic mass is 10.1. The maximum absolute atomic E-state index is 11.6. The number of rotatable bonds is 4. The Kier molecular flexibility index (Phi) is 5.55. The predicted molar refractivity (Wildman–Crippen MR) is 55.5 cm³/mol. The molecule has 1 amide bonds. The summed E-state index contributed by atoms with van der Waals surface area (Å²) in [5, 5.41) is 0. The van der Waals surface area contributed by atoms with Crippen LogP contribution in [0.4, 0.5) is 0 Å². The van der Waals surface area contributed by atoms with Crippen molar-refractivity contribution in [1.29, 1.82) is 0 Å². The molecule has 0 saturated carbocycles. The van der Waals surface area contributed by atoms with Gasteiger partial charge in [0.05, 0.1) is 4.83 Å². The minimum absolute atomic E-state index is 0.0302. The van der Waals surface area contributed by atoms with Crippen molar-refractivity contribution in [1.82, 2.24) is 4.90 Å². The van der Waals surface area contributed by atoms with Crippen LogP contribution in [-0.2, 0) is 4.79 Å². The van der Waals surface area contributed by atoms with Crippen LogP contribution in [0.2, 0.25) is 0 Å². The summed E-state index contributed by atoms with van der Waals surface area (Å²) in [5.74, 6) is 0.563. The molecule has 1 atom stereocenters. The minimum Gasteiger partial charge on any atom is -0.342 e. The van der Waals surface area contributed by atoms with Crippen LogP contribution < -0.4 is 0 Å². The number of alkyl halides is 1. The van der Waals surface area contributed by atoms with Gasteiger partial charge in [-0.05, 0) is 19.8 Å². The lowest BCUT2D eigenvalue weighted by Gasteiger charge is -2.23. The second-order valence-corrected chi connectivity index (χ2v) is 4.14. The van der Waals surface area contributed by atoms with Crippen molar-refractivity contribution in [3.63, 3.8) is 0 Å². The zero-order valence-corrected chi connectivity index (χ0v) is 9.89. The summed E-state index contributed by atoms with van der Waals surface area (Å²) in [6.45, 7) is 9.68. The molecule has 0 saturated heterocycles. The number of hydrogen-bond acceptors (Lipinski definition) is 1. The monoisotopic (exact) mass is 235 g/mol. The summed E-state index contributed by atoms with van der Waals surface area (Å²) < 4.78 is 0. The van der Waals surface area contributed by atoms with Crippen LogP contribution in [0.15, 0.2) is 0 Å². The third kappa shape index (κ3) is 3.13. The third-order valence-corrected chi connectivity index (χ3v) is 3.35. The Morgan fingerprint density at radius 1 is 1.33 bits per heavy atom. The zero-order valence-electron chi connectivity index (χ0n) is 8.30. The molecule has 0 aromatic rings. The van der Waals surface area contributed by atoms with Crippen LogP contribution >= 0.6 is 15.9 Å². The van der Waals surface area contributed by atoms with Gasteiger partial charge in [-0.3, -0.25) is 4.79 Å². The average Bonchev–Trinajstić information content (AvgIpc) is 2.05. The minimum atomic E-state index is -0.0302. The fourth-order valence-corrected chi connectivity index (χ4v) is 1.28. The molecule has 0 N–H and O–H groups in total. The van der Waals surface area contributed by atoms with Gasteiger partial charge in [-0.2, -0.15) is 0 Å². The number of halogens is 1. The second kappa shape index (κ2) is 5.57. The fourth-order valence-electron chi connectivity index (χ4n) is 0.995. The molecular formula is C9H18BrNO. The van der Waals surface area contributed by atoms with E-state index in [9.17, 15) is 4.79 Å². The van der Waals surface area contributed by atoms with Crippen molar-refractivity contribution in [2.24, 2.45) is 5.92 Å². The Labute approximate surface area is 83.4 Å². The highest BCUT2D eigenvalue weighted by molar-refractivity contribution is 9.10. The van der Waals surface area contributed by atoms with Gasteiger partial charge in [-0.25, -0.2) is 0 Å². The first kappa shape index (κ1) is 11.9. The Balaban J connectivity index is 4.16. The lowest BCUT2D eigenvalue weighted by Crippen LogP contribution is -2.38. The van der Waals surface area contributed by atoms with E-state index in [-0.39, 0.29) is 10.7 Å². The number of amides is 1. The van der Waals surface area contributed by atoms with E-state index in [0.29, 0.717) is 5.92 Å². The molecule has 2 nitrogen and oxygen atoms in total. The van der Waals surface area contributed by atoms with Gasteiger partial charge < -0.3 is 4.90 Å². The van der Waals surface area contributed by atoms with Gasteiger partial charge >= 0.3 is 0 Å². The molecule has 0 radical (unpaired) electrons. The van der Waals surface area contributed by atoms with Crippen molar-refractivity contribution in [2.75, 3.05) is 13.1 Å². The van der Waals surface area contributed by atoms with Crippen molar-refractivity contribution in [3.05, 3.63) is 0 Å². The molecule has 0 aromatic carbocycles. The smallest absolute Gasteiger partial charge is 0.236 e. The highest BCUT2D eigenvalue weighted by atomic mass is 79.9. The van der Waals surface area contributed by atoms with E-state index in [2.05, 4.69) is 15.9 Å². The topological polar surface area (TPSA) is 20.3 Å². The van der Waals surface area contributed by atoms with Crippen LogP contribution in [0.25, 0.3) is 0 Å². The summed E-state index contributed by atoms with van der Waals surface area (Å²) in [4.78, 5) is 13.4. The maximum Gasteiger partial charge on any atom is 0.236 e. The third-order valence-electron chi connectivity index (χ3n) is 1.90. The quantitative estimate of drug-likeness (QED) is 0.686. The molecule has 0 aliphatic rings. The normalized spacial score (nSPS) is 13.2. The largest absolute Gasteiger partial charge is 0.342 e. The first-order chi connectivity index (χ1) is 5.54. The van der Waals surface area contributed by atoms with E-state index in [1.165, 1.54) is 0 Å². The van der Waals surface area contributed by atoms with Gasteiger partial charge in [0.1, 0.15) is 0 Å². The fraction of sp³-hybridized carbons (Fsp3) is 0.889. The van der Waals surface area contributed by atoms with E-state index < -0.39 is 0 Å². The molecule has 3 heteroatoms. The molecular weight excluding hydrogens is 218 g/mol. The van der Waals surface area contributed by atoms with E-state index >= 15 is 0 Å². The van der Waals surface area contributed by atoms with Crippen LogP contribution in [0, 0.1) is 5.92 Å². The average molecular weight is 236 g/mol. The summed E-state index contributed by atoms with van der Waals surface area (Å²) in [7, 11) is 0. The molecule has 0 aliphatic heterocycles. The van der Waals surface area contributed by atoms with E-state index in [1.54, 1.807) is 0 Å². The number of nitrogens with zero attached hydrogens (tertiary/aromatic N) is 1. The van der Waals surface area contributed by atoms with Crippen LogP contribution in [0.1, 0.15) is 27.7 Å². The number of carbonyl (C=O) groups is 1. The number of carbonyl (C=O) groups excluding carboxylic acids is 1. The van der Waals surface area contributed by atoms with Crippen LogP contribution in [0.3, 0.4) is 0 Å². The molecule has 0 rings (SSSR count). The zero-order chi connectivity index (χ0) is 9.72. The van der Waals surface area contributed by atoms with Gasteiger partial charge in [-0.1, -0.05) is 29.8 Å². The molecule has 1 unspecified atom stereocenters. The van der Waals surface area contributed by atoms with E-state index in [1.807, 2.05) is 32.6 Å². The van der Waals surface area contributed by atoms with E-state index in [0.717, 1.165) is 13.1 Å². The number of hydrogen-bond donors (Lipinski definition) is 0. The van der Waals surface area contributed by atoms with Gasteiger partial charge in [0.25, 0.3) is 0 Å². The van der Waals surface area contributed by atoms with Gasteiger partial charge in [0, 0.05) is 13.1 Å². The highest BCUT2D eigenvalue weighted by Gasteiger charge is 2.22. The molecule has 0 aliphatic carbocycles. The van der Waals surface area contributed by atoms with Crippen LogP contribution in [0.5, 0.6) is 0 Å². The van der Waals surface area contributed by atoms with Gasteiger partial charge in [0.15, 0.2) is 0 Å². The van der Waals surface area contributed by atoms with Crippen molar-refractivity contribution in [2.45, 2.75) is 32.5 Å². The Morgan fingerprint density at radius 3 is 2.00 bits per heavy atom. The molecule has 0 heterocycles. The summed E-state index contributed by atoms with van der Waals surface area (Å²) >= 11 is 3.40. The van der Waals surface area contributed by atoms with Crippen LogP contribution in [-0.4, -0.2) is 28.7 Å². The Bertz CT molecular complexity index is 139. The molecule has 12 heavy (non-hydrogen) atoms. The lowest BCUT2D eigenvalue weighted by molar-refractivity contribution is -0.130. The first-order valence-corrected chi connectivity index (χ1v) is 5.39. The predicted octanol–water partition coefficient (Wildman–Crippen LogP) is 2.27. The first-order valence-electron chi connectivity index (χ1n) is 4.47. The molecule has 72 valence electrons. The van der Waals surface area contributed by atoms with Crippen molar-refractivity contribution in [3.8, 4) is 0 Å². The van der Waals surface area contributed by atoms with Crippen molar-refractivity contribution >= 4 is 21.8 Å².